The average Bonchev–Trinajstić information content (AvgIpc) is 2.68. The second-order valence-electron chi connectivity index (χ2n) is 6.84. The van der Waals surface area contributed by atoms with Gasteiger partial charge in [-0.05, 0) is 31.0 Å². The Morgan fingerprint density at radius 2 is 1.69 bits per heavy atom. The summed E-state index contributed by atoms with van der Waals surface area (Å²) < 4.78 is 13.8. The molecule has 5 heteroatoms. The molecule has 2 N–H and O–H groups in total. The number of nitrogens with zero attached hydrogens (tertiary/aromatic N) is 2. The molecule has 1 heterocycles. The van der Waals surface area contributed by atoms with Gasteiger partial charge in [0.05, 0.1) is 5.52 Å². The Bertz CT molecular complexity index is 890. The first-order chi connectivity index (χ1) is 12.8. The normalized spacial score (nSPS) is 15.1. The predicted octanol–water partition coefficient (Wildman–Crippen LogP) is 5.13. The summed E-state index contributed by atoms with van der Waals surface area (Å²) in [4.78, 5) is 9.27. The molecule has 0 bridgehead atoms. The zero-order chi connectivity index (χ0) is 17.8. The first-order valence-electron chi connectivity index (χ1n) is 9.30. The van der Waals surface area contributed by atoms with Crippen molar-refractivity contribution in [2.45, 2.75) is 44.7 Å². The summed E-state index contributed by atoms with van der Waals surface area (Å²) in [6, 6.07) is 15.2. The fourth-order valence-electron chi connectivity index (χ4n) is 3.52. The van der Waals surface area contributed by atoms with Crippen molar-refractivity contribution < 1.29 is 4.39 Å². The summed E-state index contributed by atoms with van der Waals surface area (Å²) in [6.45, 7) is 0.355. The molecule has 1 aliphatic rings. The van der Waals surface area contributed by atoms with Gasteiger partial charge >= 0.3 is 0 Å². The van der Waals surface area contributed by atoms with E-state index >= 15 is 0 Å². The molecule has 2 aromatic carbocycles. The van der Waals surface area contributed by atoms with Crippen LogP contribution in [0.4, 0.5) is 16.2 Å². The van der Waals surface area contributed by atoms with E-state index in [2.05, 4.69) is 20.6 Å². The van der Waals surface area contributed by atoms with E-state index < -0.39 is 0 Å². The number of anilines is 2. The molecule has 0 spiro atoms. The van der Waals surface area contributed by atoms with E-state index in [-0.39, 0.29) is 5.82 Å². The van der Waals surface area contributed by atoms with E-state index in [1.165, 1.54) is 38.2 Å². The third-order valence-corrected chi connectivity index (χ3v) is 4.94. The molecule has 0 aliphatic heterocycles. The fraction of sp³-hybridized carbons (Fsp3) is 0.333. The minimum absolute atomic E-state index is 0.221. The van der Waals surface area contributed by atoms with Crippen LogP contribution < -0.4 is 10.6 Å². The van der Waals surface area contributed by atoms with Crippen molar-refractivity contribution in [3.8, 4) is 0 Å². The topological polar surface area (TPSA) is 49.8 Å². The molecule has 0 radical (unpaired) electrons. The SMILES string of the molecule is Fc1ccccc1CNc1nc(NC2CCCCC2)c2ccccc2n1. The maximum atomic E-state index is 13.8. The molecular formula is C21H23FN4. The van der Waals surface area contributed by atoms with Crippen LogP contribution in [0.3, 0.4) is 0 Å². The molecule has 1 aromatic heterocycles. The molecular weight excluding hydrogens is 327 g/mol. The van der Waals surface area contributed by atoms with Crippen LogP contribution in [-0.4, -0.2) is 16.0 Å². The third kappa shape index (κ3) is 3.77. The van der Waals surface area contributed by atoms with E-state index in [4.69, 9.17) is 0 Å². The van der Waals surface area contributed by atoms with Crippen molar-refractivity contribution in [2.75, 3.05) is 10.6 Å². The van der Waals surface area contributed by atoms with Crippen LogP contribution in [0, 0.1) is 5.82 Å². The van der Waals surface area contributed by atoms with Gasteiger partial charge in [-0.15, -0.1) is 0 Å². The molecule has 134 valence electrons. The molecule has 4 nitrogen and oxygen atoms in total. The van der Waals surface area contributed by atoms with E-state index in [1.54, 1.807) is 12.1 Å². The number of para-hydroxylation sites is 1. The number of hydrogen-bond donors (Lipinski definition) is 2. The Kier molecular flexibility index (Phi) is 4.95. The standard InChI is InChI=1S/C21H23FN4/c22-18-12-6-4-8-15(18)14-23-21-25-19-13-7-5-11-17(19)20(26-21)24-16-9-2-1-3-10-16/h4-8,11-13,16H,1-3,9-10,14H2,(H2,23,24,25,26). The Hall–Kier alpha value is -2.69. The predicted molar refractivity (Wildman–Crippen MR) is 104 cm³/mol. The van der Waals surface area contributed by atoms with Crippen molar-refractivity contribution >= 4 is 22.7 Å². The van der Waals surface area contributed by atoms with Gasteiger partial charge in [-0.3, -0.25) is 0 Å². The lowest BCUT2D eigenvalue weighted by Gasteiger charge is -2.24. The van der Waals surface area contributed by atoms with E-state index in [0.29, 0.717) is 24.1 Å². The lowest BCUT2D eigenvalue weighted by Crippen LogP contribution is -2.23. The molecule has 1 fully saturated rings. The average molecular weight is 350 g/mol. The maximum absolute atomic E-state index is 13.8. The summed E-state index contributed by atoms with van der Waals surface area (Å²) in [7, 11) is 0. The molecule has 4 rings (SSSR count). The smallest absolute Gasteiger partial charge is 0.225 e. The maximum Gasteiger partial charge on any atom is 0.225 e. The van der Waals surface area contributed by atoms with Gasteiger partial charge in [0, 0.05) is 23.5 Å². The first kappa shape index (κ1) is 16.8. The van der Waals surface area contributed by atoms with Crippen LogP contribution in [-0.2, 0) is 6.54 Å². The highest BCUT2D eigenvalue weighted by Gasteiger charge is 2.16. The van der Waals surface area contributed by atoms with Gasteiger partial charge in [-0.25, -0.2) is 9.37 Å². The van der Waals surface area contributed by atoms with Gasteiger partial charge in [-0.2, -0.15) is 4.98 Å². The molecule has 0 atom stereocenters. The second kappa shape index (κ2) is 7.68. The van der Waals surface area contributed by atoms with Gasteiger partial charge in [0.15, 0.2) is 0 Å². The third-order valence-electron chi connectivity index (χ3n) is 4.94. The largest absolute Gasteiger partial charge is 0.367 e. The Morgan fingerprint density at radius 1 is 0.923 bits per heavy atom. The number of benzene rings is 2. The van der Waals surface area contributed by atoms with Crippen molar-refractivity contribution in [2.24, 2.45) is 0 Å². The molecule has 1 aliphatic carbocycles. The molecule has 0 saturated heterocycles. The number of halogens is 1. The van der Waals surface area contributed by atoms with Crippen LogP contribution in [0.15, 0.2) is 48.5 Å². The summed E-state index contributed by atoms with van der Waals surface area (Å²) in [5.41, 5.74) is 1.49. The van der Waals surface area contributed by atoms with Gasteiger partial charge in [0.2, 0.25) is 5.95 Å². The number of rotatable bonds is 5. The second-order valence-corrected chi connectivity index (χ2v) is 6.84. The Labute approximate surface area is 152 Å². The van der Waals surface area contributed by atoms with E-state index in [1.807, 2.05) is 30.3 Å². The minimum Gasteiger partial charge on any atom is -0.367 e. The van der Waals surface area contributed by atoms with Crippen molar-refractivity contribution in [1.29, 1.82) is 0 Å². The van der Waals surface area contributed by atoms with Crippen LogP contribution in [0.2, 0.25) is 0 Å². The highest BCUT2D eigenvalue weighted by atomic mass is 19.1. The highest BCUT2D eigenvalue weighted by molar-refractivity contribution is 5.90. The van der Waals surface area contributed by atoms with Crippen LogP contribution >= 0.6 is 0 Å². The molecule has 3 aromatic rings. The highest BCUT2D eigenvalue weighted by Crippen LogP contribution is 2.26. The van der Waals surface area contributed by atoms with Crippen molar-refractivity contribution in [3.05, 3.63) is 59.9 Å². The van der Waals surface area contributed by atoms with E-state index in [9.17, 15) is 4.39 Å². The monoisotopic (exact) mass is 350 g/mol. The quantitative estimate of drug-likeness (QED) is 0.670. The molecule has 1 saturated carbocycles. The summed E-state index contributed by atoms with van der Waals surface area (Å²) in [5, 5.41) is 7.80. The summed E-state index contributed by atoms with van der Waals surface area (Å²) in [6.07, 6.45) is 6.20. The lowest BCUT2D eigenvalue weighted by molar-refractivity contribution is 0.462. The Morgan fingerprint density at radius 3 is 2.54 bits per heavy atom. The van der Waals surface area contributed by atoms with Gasteiger partial charge in [0.25, 0.3) is 0 Å². The number of aromatic nitrogens is 2. The molecule has 26 heavy (non-hydrogen) atoms. The lowest BCUT2D eigenvalue weighted by atomic mass is 9.95. The van der Waals surface area contributed by atoms with Gasteiger partial charge in [-0.1, -0.05) is 49.6 Å². The Balaban J connectivity index is 1.59. The van der Waals surface area contributed by atoms with Gasteiger partial charge < -0.3 is 10.6 Å². The molecule has 0 amide bonds. The van der Waals surface area contributed by atoms with Gasteiger partial charge in [0.1, 0.15) is 11.6 Å². The van der Waals surface area contributed by atoms with Crippen LogP contribution in [0.25, 0.3) is 10.9 Å². The number of nitrogens with one attached hydrogen (secondary N) is 2. The summed E-state index contributed by atoms with van der Waals surface area (Å²) in [5.74, 6) is 1.16. The molecule has 0 unspecified atom stereocenters. The number of fused-ring (bicyclic) bond motifs is 1. The summed E-state index contributed by atoms with van der Waals surface area (Å²) >= 11 is 0. The first-order valence-corrected chi connectivity index (χ1v) is 9.30. The van der Waals surface area contributed by atoms with E-state index in [0.717, 1.165) is 16.7 Å². The zero-order valence-electron chi connectivity index (χ0n) is 14.7. The van der Waals surface area contributed by atoms with Crippen molar-refractivity contribution in [1.82, 2.24) is 9.97 Å². The number of hydrogen-bond acceptors (Lipinski definition) is 4. The zero-order valence-corrected chi connectivity index (χ0v) is 14.7. The van der Waals surface area contributed by atoms with Crippen LogP contribution in [0.1, 0.15) is 37.7 Å². The van der Waals surface area contributed by atoms with Crippen LogP contribution in [0.5, 0.6) is 0 Å². The fourth-order valence-corrected chi connectivity index (χ4v) is 3.52. The minimum atomic E-state index is -0.221. The van der Waals surface area contributed by atoms with Crippen molar-refractivity contribution in [3.63, 3.8) is 0 Å².